The summed E-state index contributed by atoms with van der Waals surface area (Å²) in [5.41, 5.74) is 8.12. The maximum Gasteiger partial charge on any atom is 0.264 e. The SMILES string of the molecule is CC(NC(=O)c1c(N)nn2cccnc12)c1cc2cccc(C#CC3CCN(S(C)(=O)=O)CC3)c2c(=O)n1-c1ccccc1. The van der Waals surface area contributed by atoms with Crippen molar-refractivity contribution >= 4 is 38.2 Å². The van der Waals surface area contributed by atoms with Crippen molar-refractivity contribution in [2.75, 3.05) is 25.1 Å². The van der Waals surface area contributed by atoms with E-state index >= 15 is 0 Å². The van der Waals surface area contributed by atoms with Gasteiger partial charge in [0.05, 0.1) is 17.7 Å². The normalized spacial score (nSPS) is 15.1. The molecule has 3 aromatic heterocycles. The van der Waals surface area contributed by atoms with Crippen molar-refractivity contribution in [3.63, 3.8) is 0 Å². The Hall–Kier alpha value is -4.99. The molecule has 0 saturated carbocycles. The zero-order chi connectivity index (χ0) is 31.0. The van der Waals surface area contributed by atoms with E-state index in [-0.39, 0.29) is 22.9 Å². The van der Waals surface area contributed by atoms with E-state index in [2.05, 4.69) is 27.2 Å². The van der Waals surface area contributed by atoms with Crippen LogP contribution in [-0.2, 0) is 10.0 Å². The molecule has 0 radical (unpaired) electrons. The molecule has 0 bridgehead atoms. The minimum absolute atomic E-state index is 0.0240. The van der Waals surface area contributed by atoms with Crippen LogP contribution < -0.4 is 16.6 Å². The van der Waals surface area contributed by atoms with Crippen LogP contribution in [0, 0.1) is 17.8 Å². The van der Waals surface area contributed by atoms with Crippen LogP contribution in [0.2, 0.25) is 0 Å². The third-order valence-corrected chi connectivity index (χ3v) is 9.17. The van der Waals surface area contributed by atoms with Crippen LogP contribution in [0.3, 0.4) is 0 Å². The van der Waals surface area contributed by atoms with Gasteiger partial charge in [-0.2, -0.15) is 0 Å². The molecule has 11 nitrogen and oxygen atoms in total. The molecule has 1 aliphatic rings. The first-order valence-electron chi connectivity index (χ1n) is 14.2. The van der Waals surface area contributed by atoms with E-state index < -0.39 is 22.0 Å². The summed E-state index contributed by atoms with van der Waals surface area (Å²) in [7, 11) is -3.22. The summed E-state index contributed by atoms with van der Waals surface area (Å²) in [4.78, 5) is 32.0. The summed E-state index contributed by atoms with van der Waals surface area (Å²) in [6.07, 6.45) is 5.71. The molecule has 1 fully saturated rings. The molecule has 1 amide bonds. The van der Waals surface area contributed by atoms with Gasteiger partial charge < -0.3 is 11.1 Å². The zero-order valence-electron chi connectivity index (χ0n) is 24.3. The van der Waals surface area contributed by atoms with Crippen molar-refractivity contribution in [1.29, 1.82) is 0 Å². The lowest BCUT2D eigenvalue weighted by molar-refractivity contribution is 0.0941. The number of anilines is 1. The van der Waals surface area contributed by atoms with Crippen molar-refractivity contribution in [3.05, 3.63) is 100 Å². The number of amides is 1. The zero-order valence-corrected chi connectivity index (χ0v) is 25.1. The Morgan fingerprint density at radius 1 is 1.09 bits per heavy atom. The summed E-state index contributed by atoms with van der Waals surface area (Å²) >= 11 is 0. The monoisotopic (exact) mass is 609 g/mol. The number of benzene rings is 2. The van der Waals surface area contributed by atoms with Gasteiger partial charge >= 0.3 is 0 Å². The van der Waals surface area contributed by atoms with Gasteiger partial charge in [0.1, 0.15) is 5.56 Å². The van der Waals surface area contributed by atoms with Crippen LogP contribution in [0.1, 0.15) is 47.4 Å². The Labute approximate surface area is 254 Å². The van der Waals surface area contributed by atoms with Crippen molar-refractivity contribution in [1.82, 2.24) is 28.8 Å². The number of piperidine rings is 1. The lowest BCUT2D eigenvalue weighted by atomic mass is 9.97. The molecule has 44 heavy (non-hydrogen) atoms. The highest BCUT2D eigenvalue weighted by Crippen LogP contribution is 2.25. The highest BCUT2D eigenvalue weighted by atomic mass is 32.2. The van der Waals surface area contributed by atoms with Gasteiger partial charge in [-0.05, 0) is 55.5 Å². The molecular formula is C32H31N7O4S. The highest BCUT2D eigenvalue weighted by Gasteiger charge is 2.25. The highest BCUT2D eigenvalue weighted by molar-refractivity contribution is 7.88. The number of nitrogens with two attached hydrogens (primary N) is 1. The number of carbonyl (C=O) groups is 1. The number of rotatable bonds is 5. The van der Waals surface area contributed by atoms with Gasteiger partial charge in [0.2, 0.25) is 10.0 Å². The average Bonchev–Trinajstić information content (AvgIpc) is 3.35. The first-order valence-corrected chi connectivity index (χ1v) is 16.1. The molecule has 12 heteroatoms. The summed E-state index contributed by atoms with van der Waals surface area (Å²) in [5, 5.41) is 8.32. The van der Waals surface area contributed by atoms with Crippen LogP contribution in [0.4, 0.5) is 5.82 Å². The molecule has 2 aromatic carbocycles. The number of nitrogens with one attached hydrogen (secondary N) is 1. The van der Waals surface area contributed by atoms with E-state index in [1.54, 1.807) is 30.0 Å². The number of sulfonamides is 1. The van der Waals surface area contributed by atoms with E-state index in [0.29, 0.717) is 59.3 Å². The Kier molecular flexibility index (Phi) is 7.67. The average molecular weight is 610 g/mol. The fourth-order valence-electron chi connectivity index (χ4n) is 5.62. The lowest BCUT2D eigenvalue weighted by Gasteiger charge is -2.27. The smallest absolute Gasteiger partial charge is 0.264 e. The van der Waals surface area contributed by atoms with E-state index in [9.17, 15) is 18.0 Å². The number of nitrogen functional groups attached to an aromatic ring is 1. The molecule has 0 aliphatic carbocycles. The van der Waals surface area contributed by atoms with Gasteiger partial charge in [0, 0.05) is 48.3 Å². The minimum Gasteiger partial charge on any atom is -0.381 e. The van der Waals surface area contributed by atoms with Crippen LogP contribution in [0.25, 0.3) is 22.1 Å². The number of pyridine rings is 1. The van der Waals surface area contributed by atoms with E-state index in [1.807, 2.05) is 54.6 Å². The fraction of sp³-hybridized carbons (Fsp3) is 0.250. The summed E-state index contributed by atoms with van der Waals surface area (Å²) < 4.78 is 28.3. The quantitative estimate of drug-likeness (QED) is 0.291. The lowest BCUT2D eigenvalue weighted by Crippen LogP contribution is -2.37. The second-order valence-electron chi connectivity index (χ2n) is 10.9. The maximum atomic E-state index is 14.3. The number of hydrogen-bond donors (Lipinski definition) is 2. The van der Waals surface area contributed by atoms with E-state index in [1.165, 1.54) is 15.1 Å². The second-order valence-corrected chi connectivity index (χ2v) is 12.8. The van der Waals surface area contributed by atoms with Gasteiger partial charge in [0.25, 0.3) is 11.5 Å². The second kappa shape index (κ2) is 11.6. The van der Waals surface area contributed by atoms with Crippen molar-refractivity contribution in [2.45, 2.75) is 25.8 Å². The van der Waals surface area contributed by atoms with Gasteiger partial charge in [-0.25, -0.2) is 22.2 Å². The summed E-state index contributed by atoms with van der Waals surface area (Å²) in [6, 6.07) is 17.7. The maximum absolute atomic E-state index is 14.3. The molecule has 5 aromatic rings. The molecule has 1 aliphatic heterocycles. The molecule has 3 N–H and O–H groups in total. The van der Waals surface area contributed by atoms with Crippen LogP contribution >= 0.6 is 0 Å². The van der Waals surface area contributed by atoms with Gasteiger partial charge in [0.15, 0.2) is 11.5 Å². The van der Waals surface area contributed by atoms with Gasteiger partial charge in [-0.3, -0.25) is 14.2 Å². The summed E-state index contributed by atoms with van der Waals surface area (Å²) in [6.45, 7) is 2.66. The molecule has 224 valence electrons. The Morgan fingerprint density at radius 2 is 1.84 bits per heavy atom. The van der Waals surface area contributed by atoms with Crippen LogP contribution in [0.15, 0.2) is 77.9 Å². The van der Waals surface area contributed by atoms with Crippen molar-refractivity contribution < 1.29 is 13.2 Å². The van der Waals surface area contributed by atoms with Crippen molar-refractivity contribution in [2.24, 2.45) is 5.92 Å². The number of aromatic nitrogens is 4. The fourth-order valence-corrected chi connectivity index (χ4v) is 6.50. The molecule has 6 rings (SSSR count). The Morgan fingerprint density at radius 3 is 2.57 bits per heavy atom. The third-order valence-electron chi connectivity index (χ3n) is 7.86. The van der Waals surface area contributed by atoms with Crippen LogP contribution in [-0.4, -0.2) is 57.1 Å². The van der Waals surface area contributed by atoms with E-state index in [4.69, 9.17) is 5.73 Å². The Balaban J connectivity index is 1.39. The van der Waals surface area contributed by atoms with Crippen LogP contribution in [0.5, 0.6) is 0 Å². The van der Waals surface area contributed by atoms with Crippen molar-refractivity contribution in [3.8, 4) is 17.5 Å². The first kappa shape index (κ1) is 29.1. The number of para-hydroxylation sites is 1. The minimum atomic E-state index is -3.22. The van der Waals surface area contributed by atoms with Gasteiger partial charge in [-0.1, -0.05) is 42.2 Å². The number of carbonyl (C=O) groups excluding carboxylic acids is 1. The molecule has 1 unspecified atom stereocenters. The molecule has 4 heterocycles. The predicted octanol–water partition coefficient (Wildman–Crippen LogP) is 3.13. The first-order chi connectivity index (χ1) is 21.1. The Bertz CT molecular complexity index is 2120. The molecule has 0 spiro atoms. The number of hydrogen-bond acceptors (Lipinski definition) is 7. The summed E-state index contributed by atoms with van der Waals surface area (Å²) in [5.74, 6) is 6.12. The van der Waals surface area contributed by atoms with Gasteiger partial charge in [-0.15, -0.1) is 5.10 Å². The molecule has 1 atom stereocenters. The standard InChI is InChI=1S/C32H31N7O4S/c1-21(35-31(40)28-29(33)36-38-17-7-16-34-30(28)38)26-20-24-9-6-8-23(13-12-22-14-18-37(19-15-22)44(2,42)43)27(24)32(41)39(26)25-10-4-3-5-11-25/h3-11,16-17,20-22H,14-15,18-19H2,1-2H3,(H2,33,36)(H,35,40). The third kappa shape index (κ3) is 5.55. The molecule has 1 saturated heterocycles. The largest absolute Gasteiger partial charge is 0.381 e. The van der Waals surface area contributed by atoms with E-state index in [0.717, 1.165) is 0 Å². The molecular weight excluding hydrogens is 578 g/mol. The number of nitrogens with zero attached hydrogens (tertiary/aromatic N) is 5. The topological polar surface area (TPSA) is 145 Å². The number of fused-ring (bicyclic) bond motifs is 2. The predicted molar refractivity (Wildman–Crippen MR) is 169 cm³/mol.